The highest BCUT2D eigenvalue weighted by Gasteiger charge is 2.19. The Labute approximate surface area is 101 Å². The molecule has 0 saturated carbocycles. The number of nitrogens with two attached hydrogens (primary N) is 1. The lowest BCUT2D eigenvalue weighted by Crippen LogP contribution is -2.50. The molecular weight excluding hydrogens is 198 g/mol. The average molecular weight is 227 g/mol. The Hall–Kier alpha value is -0.120. The van der Waals surface area contributed by atoms with Crippen LogP contribution in [0.3, 0.4) is 0 Å². The van der Waals surface area contributed by atoms with Crippen molar-refractivity contribution in [2.24, 2.45) is 11.7 Å². The molecule has 3 heteroatoms. The van der Waals surface area contributed by atoms with Crippen LogP contribution in [0.25, 0.3) is 0 Å². The molecule has 1 fully saturated rings. The summed E-state index contributed by atoms with van der Waals surface area (Å²) in [6.07, 6.45) is 2.64. The lowest BCUT2D eigenvalue weighted by molar-refractivity contribution is 0.121. The fraction of sp³-hybridized carbons (Fsp3) is 1.00. The number of nitrogens with zero attached hydrogens (tertiary/aromatic N) is 2. The third-order valence-electron chi connectivity index (χ3n) is 3.62. The molecule has 1 atom stereocenters. The first-order valence-corrected chi connectivity index (χ1v) is 6.83. The SMILES string of the molecule is CCCCN1CCN(C[C@@H](N)C(C)C)CC1. The topological polar surface area (TPSA) is 32.5 Å². The van der Waals surface area contributed by atoms with Crippen molar-refractivity contribution in [3.8, 4) is 0 Å². The maximum absolute atomic E-state index is 6.11. The molecule has 1 aliphatic rings. The van der Waals surface area contributed by atoms with E-state index < -0.39 is 0 Å². The summed E-state index contributed by atoms with van der Waals surface area (Å²) in [5.41, 5.74) is 6.11. The zero-order valence-corrected chi connectivity index (χ0v) is 11.3. The molecule has 3 nitrogen and oxygen atoms in total. The van der Waals surface area contributed by atoms with E-state index in [1.165, 1.54) is 45.6 Å². The summed E-state index contributed by atoms with van der Waals surface area (Å²) >= 11 is 0. The van der Waals surface area contributed by atoms with Crippen LogP contribution < -0.4 is 5.73 Å². The average Bonchev–Trinajstić information content (AvgIpc) is 2.28. The molecule has 0 aromatic carbocycles. The van der Waals surface area contributed by atoms with Crippen LogP contribution in [-0.2, 0) is 0 Å². The van der Waals surface area contributed by atoms with Gasteiger partial charge in [-0.15, -0.1) is 0 Å². The number of hydrogen-bond donors (Lipinski definition) is 1. The fourth-order valence-electron chi connectivity index (χ4n) is 2.09. The van der Waals surface area contributed by atoms with E-state index >= 15 is 0 Å². The van der Waals surface area contributed by atoms with E-state index in [0.717, 1.165) is 6.54 Å². The molecule has 0 amide bonds. The Morgan fingerprint density at radius 1 is 1.06 bits per heavy atom. The van der Waals surface area contributed by atoms with E-state index in [2.05, 4.69) is 30.6 Å². The first kappa shape index (κ1) is 13.9. The zero-order valence-electron chi connectivity index (χ0n) is 11.3. The monoisotopic (exact) mass is 227 g/mol. The molecule has 0 spiro atoms. The van der Waals surface area contributed by atoms with Gasteiger partial charge in [-0.3, -0.25) is 4.90 Å². The third-order valence-corrected chi connectivity index (χ3v) is 3.62. The Kier molecular flexibility index (Phi) is 6.32. The zero-order chi connectivity index (χ0) is 12.0. The van der Waals surface area contributed by atoms with Crippen molar-refractivity contribution in [3.63, 3.8) is 0 Å². The predicted molar refractivity (Wildman–Crippen MR) is 70.6 cm³/mol. The summed E-state index contributed by atoms with van der Waals surface area (Å²) in [7, 11) is 0. The van der Waals surface area contributed by atoms with Crippen molar-refractivity contribution >= 4 is 0 Å². The second-order valence-corrected chi connectivity index (χ2v) is 5.40. The normalized spacial score (nSPS) is 21.6. The van der Waals surface area contributed by atoms with Crippen LogP contribution in [0.4, 0.5) is 0 Å². The smallest absolute Gasteiger partial charge is 0.0191 e. The van der Waals surface area contributed by atoms with Crippen molar-refractivity contribution in [1.82, 2.24) is 9.80 Å². The van der Waals surface area contributed by atoms with Crippen molar-refractivity contribution in [3.05, 3.63) is 0 Å². The maximum Gasteiger partial charge on any atom is 0.0191 e. The first-order chi connectivity index (χ1) is 7.63. The van der Waals surface area contributed by atoms with Gasteiger partial charge in [-0.2, -0.15) is 0 Å². The lowest BCUT2D eigenvalue weighted by Gasteiger charge is -2.36. The minimum absolute atomic E-state index is 0.335. The number of unbranched alkanes of at least 4 members (excludes halogenated alkanes) is 1. The summed E-state index contributed by atoms with van der Waals surface area (Å²) < 4.78 is 0. The molecule has 0 radical (unpaired) electrons. The lowest BCUT2D eigenvalue weighted by atomic mass is 10.0. The fourth-order valence-corrected chi connectivity index (χ4v) is 2.09. The molecule has 0 aromatic rings. The number of hydrogen-bond acceptors (Lipinski definition) is 3. The molecule has 0 bridgehead atoms. The number of piperazine rings is 1. The Morgan fingerprint density at radius 3 is 2.12 bits per heavy atom. The minimum Gasteiger partial charge on any atom is -0.326 e. The standard InChI is InChI=1S/C13H29N3/c1-4-5-6-15-7-9-16(10-8-15)11-13(14)12(2)3/h12-13H,4-11,14H2,1-3H3/t13-/m1/s1. The molecule has 1 aliphatic heterocycles. The van der Waals surface area contributed by atoms with Crippen molar-refractivity contribution in [2.45, 2.75) is 39.7 Å². The number of rotatable bonds is 6. The molecule has 16 heavy (non-hydrogen) atoms. The van der Waals surface area contributed by atoms with E-state index in [0.29, 0.717) is 12.0 Å². The molecule has 0 aromatic heterocycles. The van der Waals surface area contributed by atoms with Crippen molar-refractivity contribution < 1.29 is 0 Å². The molecule has 96 valence electrons. The van der Waals surface area contributed by atoms with Crippen LogP contribution >= 0.6 is 0 Å². The summed E-state index contributed by atoms with van der Waals surface area (Å²) in [4.78, 5) is 5.11. The Bertz CT molecular complexity index is 174. The third kappa shape index (κ3) is 4.81. The van der Waals surface area contributed by atoms with Gasteiger partial charge in [-0.1, -0.05) is 27.2 Å². The van der Waals surface area contributed by atoms with E-state index in [9.17, 15) is 0 Å². The molecule has 0 unspecified atom stereocenters. The largest absolute Gasteiger partial charge is 0.326 e. The van der Waals surface area contributed by atoms with E-state index in [1.54, 1.807) is 0 Å². The second-order valence-electron chi connectivity index (χ2n) is 5.40. The Balaban J connectivity index is 2.16. The molecule has 0 aliphatic carbocycles. The van der Waals surface area contributed by atoms with Gasteiger partial charge in [0, 0.05) is 38.8 Å². The molecule has 1 saturated heterocycles. The first-order valence-electron chi connectivity index (χ1n) is 6.83. The highest BCUT2D eigenvalue weighted by Crippen LogP contribution is 2.06. The Morgan fingerprint density at radius 2 is 1.62 bits per heavy atom. The quantitative estimate of drug-likeness (QED) is 0.744. The van der Waals surface area contributed by atoms with Crippen LogP contribution in [0.15, 0.2) is 0 Å². The van der Waals surface area contributed by atoms with Crippen LogP contribution in [0, 0.1) is 5.92 Å². The maximum atomic E-state index is 6.11. The van der Waals surface area contributed by atoms with Gasteiger partial charge >= 0.3 is 0 Å². The van der Waals surface area contributed by atoms with E-state index in [-0.39, 0.29) is 0 Å². The van der Waals surface area contributed by atoms with Gasteiger partial charge in [0.15, 0.2) is 0 Å². The van der Waals surface area contributed by atoms with Crippen LogP contribution in [0.1, 0.15) is 33.6 Å². The van der Waals surface area contributed by atoms with Gasteiger partial charge in [0.2, 0.25) is 0 Å². The molecule has 1 heterocycles. The summed E-state index contributed by atoms with van der Waals surface area (Å²) in [6, 6.07) is 0.335. The molecular formula is C13H29N3. The van der Waals surface area contributed by atoms with Gasteiger partial charge in [-0.05, 0) is 18.9 Å². The van der Waals surface area contributed by atoms with Gasteiger partial charge in [0.25, 0.3) is 0 Å². The molecule has 2 N–H and O–H groups in total. The van der Waals surface area contributed by atoms with Gasteiger partial charge < -0.3 is 10.6 Å². The van der Waals surface area contributed by atoms with E-state index in [1.807, 2.05) is 0 Å². The van der Waals surface area contributed by atoms with Crippen molar-refractivity contribution in [1.29, 1.82) is 0 Å². The second kappa shape index (κ2) is 7.25. The predicted octanol–water partition coefficient (Wildman–Crippen LogP) is 1.39. The van der Waals surface area contributed by atoms with E-state index in [4.69, 9.17) is 5.73 Å². The van der Waals surface area contributed by atoms with Crippen molar-refractivity contribution in [2.75, 3.05) is 39.3 Å². The van der Waals surface area contributed by atoms with Crippen LogP contribution in [0.5, 0.6) is 0 Å². The van der Waals surface area contributed by atoms with Gasteiger partial charge in [0.05, 0.1) is 0 Å². The highest BCUT2D eigenvalue weighted by molar-refractivity contribution is 4.77. The van der Waals surface area contributed by atoms with Gasteiger partial charge in [-0.25, -0.2) is 0 Å². The summed E-state index contributed by atoms with van der Waals surface area (Å²) in [5, 5.41) is 0. The minimum atomic E-state index is 0.335. The van der Waals surface area contributed by atoms with Gasteiger partial charge in [0.1, 0.15) is 0 Å². The summed E-state index contributed by atoms with van der Waals surface area (Å²) in [6.45, 7) is 13.9. The van der Waals surface area contributed by atoms with Crippen LogP contribution in [-0.4, -0.2) is 55.1 Å². The summed E-state index contributed by atoms with van der Waals surface area (Å²) in [5.74, 6) is 0.595. The molecule has 1 rings (SSSR count). The van der Waals surface area contributed by atoms with Crippen LogP contribution in [0.2, 0.25) is 0 Å². The highest BCUT2D eigenvalue weighted by atomic mass is 15.3.